The summed E-state index contributed by atoms with van der Waals surface area (Å²) in [6, 6.07) is 1.72. The Labute approximate surface area is 146 Å². The van der Waals surface area contributed by atoms with Gasteiger partial charge in [-0.1, -0.05) is 19.0 Å². The van der Waals surface area contributed by atoms with Gasteiger partial charge in [-0.15, -0.1) is 0 Å². The highest BCUT2D eigenvalue weighted by Crippen LogP contribution is 2.26. The Morgan fingerprint density at radius 2 is 2.20 bits per heavy atom. The van der Waals surface area contributed by atoms with Gasteiger partial charge in [0.1, 0.15) is 11.6 Å². The van der Waals surface area contributed by atoms with E-state index in [4.69, 9.17) is 4.52 Å². The lowest BCUT2D eigenvalue weighted by Crippen LogP contribution is -2.40. The Morgan fingerprint density at radius 3 is 2.84 bits per heavy atom. The van der Waals surface area contributed by atoms with E-state index in [-0.39, 0.29) is 23.4 Å². The van der Waals surface area contributed by atoms with Crippen molar-refractivity contribution in [2.24, 2.45) is 7.05 Å². The number of piperidine rings is 1. The van der Waals surface area contributed by atoms with Gasteiger partial charge in [0.2, 0.25) is 0 Å². The lowest BCUT2D eigenvalue weighted by molar-refractivity contribution is 0.0692. The summed E-state index contributed by atoms with van der Waals surface area (Å²) in [5, 5.41) is 8.31. The van der Waals surface area contributed by atoms with Gasteiger partial charge in [0.15, 0.2) is 5.69 Å². The Morgan fingerprint density at radius 1 is 1.44 bits per heavy atom. The van der Waals surface area contributed by atoms with Gasteiger partial charge >= 0.3 is 5.69 Å². The molecule has 25 heavy (non-hydrogen) atoms. The number of aryl methyl sites for hydroxylation is 1. The quantitative estimate of drug-likeness (QED) is 0.841. The number of nitrogens with zero attached hydrogens (tertiary/aromatic N) is 5. The summed E-state index contributed by atoms with van der Waals surface area (Å²) in [6.07, 6.45) is 1.79. The number of likely N-dealkylation sites (tertiary alicyclic amines) is 1. The molecule has 0 bridgehead atoms. The van der Waals surface area contributed by atoms with E-state index in [1.54, 1.807) is 22.6 Å². The van der Waals surface area contributed by atoms with Crippen LogP contribution >= 0.6 is 0 Å². The van der Waals surface area contributed by atoms with Gasteiger partial charge in [-0.2, -0.15) is 5.10 Å². The molecular formula is C17H25N5O3. The number of carbonyl (C=O) groups excluding carboxylic acids is 1. The maximum Gasteiger partial charge on any atom is 0.345 e. The molecule has 0 aromatic carbocycles. The SMILES string of the molecule is CCn1c(C2CCCN(C(=O)c3cc(C(C)C)on3)C2)nn(C)c1=O. The first-order valence-electron chi connectivity index (χ1n) is 8.82. The third-order valence-electron chi connectivity index (χ3n) is 4.74. The average Bonchev–Trinajstić information content (AvgIpc) is 3.20. The molecule has 1 saturated heterocycles. The zero-order valence-corrected chi connectivity index (χ0v) is 15.2. The van der Waals surface area contributed by atoms with Crippen molar-refractivity contribution in [1.29, 1.82) is 0 Å². The highest BCUT2D eigenvalue weighted by atomic mass is 16.5. The molecule has 0 spiro atoms. The third kappa shape index (κ3) is 3.25. The molecule has 0 radical (unpaired) electrons. The summed E-state index contributed by atoms with van der Waals surface area (Å²) >= 11 is 0. The smallest absolute Gasteiger partial charge is 0.345 e. The number of carbonyl (C=O) groups is 1. The zero-order chi connectivity index (χ0) is 18.1. The Balaban J connectivity index is 1.80. The number of aromatic nitrogens is 4. The molecule has 2 aromatic rings. The molecule has 1 unspecified atom stereocenters. The van der Waals surface area contributed by atoms with Gasteiger partial charge in [0.25, 0.3) is 5.91 Å². The van der Waals surface area contributed by atoms with E-state index in [9.17, 15) is 9.59 Å². The van der Waals surface area contributed by atoms with E-state index in [2.05, 4.69) is 10.3 Å². The maximum atomic E-state index is 12.7. The predicted molar refractivity (Wildman–Crippen MR) is 91.6 cm³/mol. The fourth-order valence-corrected chi connectivity index (χ4v) is 3.32. The van der Waals surface area contributed by atoms with Gasteiger partial charge in [-0.25, -0.2) is 9.48 Å². The van der Waals surface area contributed by atoms with Crippen LogP contribution in [-0.2, 0) is 13.6 Å². The molecule has 1 amide bonds. The molecule has 8 nitrogen and oxygen atoms in total. The van der Waals surface area contributed by atoms with Crippen molar-refractivity contribution >= 4 is 5.91 Å². The van der Waals surface area contributed by atoms with E-state index >= 15 is 0 Å². The fraction of sp³-hybridized carbons (Fsp3) is 0.647. The minimum absolute atomic E-state index is 0.0584. The molecule has 8 heteroatoms. The number of hydrogen-bond donors (Lipinski definition) is 0. The first-order valence-corrected chi connectivity index (χ1v) is 8.82. The van der Waals surface area contributed by atoms with Crippen molar-refractivity contribution in [1.82, 2.24) is 24.4 Å². The summed E-state index contributed by atoms with van der Waals surface area (Å²) in [5.41, 5.74) is 0.234. The molecule has 0 aliphatic carbocycles. The summed E-state index contributed by atoms with van der Waals surface area (Å²) < 4.78 is 8.30. The van der Waals surface area contributed by atoms with Crippen molar-refractivity contribution in [2.75, 3.05) is 13.1 Å². The second-order valence-corrected chi connectivity index (χ2v) is 6.87. The maximum absolute atomic E-state index is 12.7. The van der Waals surface area contributed by atoms with Crippen LogP contribution in [0.1, 0.15) is 67.5 Å². The summed E-state index contributed by atoms with van der Waals surface area (Å²) in [7, 11) is 1.66. The van der Waals surface area contributed by atoms with E-state index < -0.39 is 0 Å². The third-order valence-corrected chi connectivity index (χ3v) is 4.74. The monoisotopic (exact) mass is 347 g/mol. The molecule has 1 atom stereocenters. The van der Waals surface area contributed by atoms with Crippen molar-refractivity contribution in [2.45, 2.75) is 52.0 Å². The van der Waals surface area contributed by atoms with Crippen LogP contribution in [0.5, 0.6) is 0 Å². The molecule has 0 saturated carbocycles. The molecule has 3 rings (SSSR count). The van der Waals surface area contributed by atoms with Crippen LogP contribution in [0.15, 0.2) is 15.4 Å². The molecular weight excluding hydrogens is 322 g/mol. The van der Waals surface area contributed by atoms with E-state index in [0.29, 0.717) is 31.1 Å². The number of amides is 1. The summed E-state index contributed by atoms with van der Waals surface area (Å²) in [6.45, 7) is 7.73. The molecule has 1 aliphatic rings. The summed E-state index contributed by atoms with van der Waals surface area (Å²) in [5.74, 6) is 1.59. The predicted octanol–water partition coefficient (Wildman–Crippen LogP) is 1.73. The minimum atomic E-state index is -0.123. The van der Waals surface area contributed by atoms with Crippen molar-refractivity contribution < 1.29 is 9.32 Å². The second-order valence-electron chi connectivity index (χ2n) is 6.87. The molecule has 1 fully saturated rings. The Bertz CT molecular complexity index is 817. The first-order chi connectivity index (χ1) is 11.9. The first kappa shape index (κ1) is 17.4. The largest absolute Gasteiger partial charge is 0.360 e. The molecule has 136 valence electrons. The highest BCUT2D eigenvalue weighted by Gasteiger charge is 2.30. The van der Waals surface area contributed by atoms with E-state index in [0.717, 1.165) is 18.7 Å². The van der Waals surface area contributed by atoms with Crippen molar-refractivity contribution in [3.05, 3.63) is 33.8 Å². The van der Waals surface area contributed by atoms with Crippen LogP contribution in [0.4, 0.5) is 0 Å². The van der Waals surface area contributed by atoms with Gasteiger partial charge in [0, 0.05) is 44.6 Å². The van der Waals surface area contributed by atoms with Crippen LogP contribution in [0.2, 0.25) is 0 Å². The number of rotatable bonds is 4. The van der Waals surface area contributed by atoms with Crippen LogP contribution in [-0.4, -0.2) is 43.4 Å². The zero-order valence-electron chi connectivity index (χ0n) is 15.2. The van der Waals surface area contributed by atoms with Crippen LogP contribution in [0.3, 0.4) is 0 Å². The van der Waals surface area contributed by atoms with Gasteiger partial charge < -0.3 is 9.42 Å². The molecule has 0 N–H and O–H groups in total. The van der Waals surface area contributed by atoms with Crippen molar-refractivity contribution in [3.8, 4) is 0 Å². The van der Waals surface area contributed by atoms with Gasteiger partial charge in [-0.3, -0.25) is 9.36 Å². The minimum Gasteiger partial charge on any atom is -0.360 e. The van der Waals surface area contributed by atoms with E-state index in [1.165, 1.54) is 4.68 Å². The van der Waals surface area contributed by atoms with E-state index in [1.807, 2.05) is 20.8 Å². The van der Waals surface area contributed by atoms with Crippen LogP contribution in [0, 0.1) is 0 Å². The normalized spacial score (nSPS) is 18.1. The highest BCUT2D eigenvalue weighted by molar-refractivity contribution is 5.92. The summed E-state index contributed by atoms with van der Waals surface area (Å²) in [4.78, 5) is 26.7. The van der Waals surface area contributed by atoms with Gasteiger partial charge in [0.05, 0.1) is 0 Å². The number of hydrogen-bond acceptors (Lipinski definition) is 5. The topological polar surface area (TPSA) is 86.2 Å². The molecule has 2 aromatic heterocycles. The lowest BCUT2D eigenvalue weighted by atomic mass is 9.96. The van der Waals surface area contributed by atoms with Crippen LogP contribution in [0.25, 0.3) is 0 Å². The van der Waals surface area contributed by atoms with Crippen LogP contribution < -0.4 is 5.69 Å². The fourth-order valence-electron chi connectivity index (χ4n) is 3.32. The molecule has 1 aliphatic heterocycles. The average molecular weight is 347 g/mol. The van der Waals surface area contributed by atoms with Gasteiger partial charge in [-0.05, 0) is 19.8 Å². The lowest BCUT2D eigenvalue weighted by Gasteiger charge is -2.31. The molecule has 3 heterocycles. The standard InChI is InChI=1S/C17H25N5O3/c1-5-22-15(18-20(4)17(22)24)12-7-6-8-21(10-12)16(23)13-9-14(11(2)3)25-19-13/h9,11-12H,5-8,10H2,1-4H3. The van der Waals surface area contributed by atoms with Crippen molar-refractivity contribution in [3.63, 3.8) is 0 Å². The Hall–Kier alpha value is -2.38. The second kappa shape index (κ2) is 6.85. The Kier molecular flexibility index (Phi) is 4.78.